The van der Waals surface area contributed by atoms with E-state index in [9.17, 15) is 14.3 Å². The Morgan fingerprint density at radius 1 is 1.00 bits per heavy atom. The lowest BCUT2D eigenvalue weighted by molar-refractivity contribution is 0.0697. The Labute approximate surface area is 184 Å². The molecule has 0 aliphatic carbocycles. The molecule has 0 bridgehead atoms. The summed E-state index contributed by atoms with van der Waals surface area (Å²) in [5, 5.41) is 12.7. The number of carboxylic acids is 1. The van der Waals surface area contributed by atoms with Gasteiger partial charge in [-0.3, -0.25) is 0 Å². The number of benzene rings is 3. The Morgan fingerprint density at radius 3 is 2.42 bits per heavy atom. The van der Waals surface area contributed by atoms with Gasteiger partial charge in [0.2, 0.25) is 0 Å². The molecule has 3 aromatic carbocycles. The Kier molecular flexibility index (Phi) is 7.20. The molecule has 0 unspecified atom stereocenters. The van der Waals surface area contributed by atoms with Gasteiger partial charge in [-0.05, 0) is 35.9 Å². The quantitative estimate of drug-likeness (QED) is 0.460. The second-order valence-electron chi connectivity index (χ2n) is 6.55. The van der Waals surface area contributed by atoms with E-state index < -0.39 is 5.97 Å². The number of nitrogens with one attached hydrogen (secondary N) is 1. The van der Waals surface area contributed by atoms with Crippen molar-refractivity contribution in [3.63, 3.8) is 0 Å². The van der Waals surface area contributed by atoms with Crippen LogP contribution in [-0.2, 0) is 13.2 Å². The van der Waals surface area contributed by atoms with Gasteiger partial charge in [0.05, 0.1) is 25.5 Å². The molecule has 0 heterocycles. The number of rotatable bonds is 9. The minimum Gasteiger partial charge on any atom is -0.495 e. The fourth-order valence-corrected chi connectivity index (χ4v) is 3.15. The third-order valence-corrected chi connectivity index (χ3v) is 4.94. The average Bonchev–Trinajstić information content (AvgIpc) is 2.77. The van der Waals surface area contributed by atoms with Crippen LogP contribution in [0.5, 0.6) is 17.2 Å². The van der Waals surface area contributed by atoms with Gasteiger partial charge in [0.15, 0.2) is 11.5 Å². The van der Waals surface area contributed by atoms with Crippen LogP contribution in [0, 0.1) is 5.82 Å². The highest BCUT2D eigenvalue weighted by molar-refractivity contribution is 6.31. The smallest absolute Gasteiger partial charge is 0.335 e. The zero-order valence-corrected chi connectivity index (χ0v) is 17.7. The average molecular weight is 446 g/mol. The Hall–Kier alpha value is -3.45. The molecule has 162 valence electrons. The van der Waals surface area contributed by atoms with Gasteiger partial charge in [0.1, 0.15) is 18.2 Å². The molecule has 0 aromatic heterocycles. The highest BCUT2D eigenvalue weighted by Crippen LogP contribution is 2.35. The van der Waals surface area contributed by atoms with Gasteiger partial charge in [-0.25, -0.2) is 9.18 Å². The van der Waals surface area contributed by atoms with Crippen LogP contribution < -0.4 is 19.5 Å². The Balaban J connectivity index is 1.78. The summed E-state index contributed by atoms with van der Waals surface area (Å²) in [4.78, 5) is 11.2. The Morgan fingerprint density at radius 2 is 1.74 bits per heavy atom. The van der Waals surface area contributed by atoms with Crippen molar-refractivity contribution in [2.75, 3.05) is 19.5 Å². The lowest BCUT2D eigenvalue weighted by atomic mass is 10.1. The van der Waals surface area contributed by atoms with Gasteiger partial charge in [-0.2, -0.15) is 0 Å². The Bertz CT molecular complexity index is 1090. The van der Waals surface area contributed by atoms with E-state index in [1.165, 1.54) is 32.4 Å². The van der Waals surface area contributed by atoms with Crippen LogP contribution in [0.25, 0.3) is 0 Å². The largest absolute Gasteiger partial charge is 0.495 e. The minimum atomic E-state index is -1.04. The lowest BCUT2D eigenvalue weighted by Gasteiger charge is -2.16. The van der Waals surface area contributed by atoms with Crippen molar-refractivity contribution in [3.05, 3.63) is 82.1 Å². The predicted octanol–water partition coefficient (Wildman–Crippen LogP) is 5.39. The van der Waals surface area contributed by atoms with Crippen molar-refractivity contribution in [1.82, 2.24) is 0 Å². The van der Waals surface area contributed by atoms with E-state index in [1.807, 2.05) is 0 Å². The van der Waals surface area contributed by atoms with E-state index in [-0.39, 0.29) is 24.5 Å². The van der Waals surface area contributed by atoms with Crippen molar-refractivity contribution in [2.45, 2.75) is 13.2 Å². The highest BCUT2D eigenvalue weighted by atomic mass is 35.5. The molecule has 0 fully saturated rings. The van der Waals surface area contributed by atoms with Crippen LogP contribution in [0.4, 0.5) is 10.1 Å². The molecular formula is C23H21ClFNO5. The van der Waals surface area contributed by atoms with Gasteiger partial charge in [0.25, 0.3) is 0 Å². The number of aromatic carboxylic acids is 1. The standard InChI is InChI=1S/C23H21ClFNO5/c1-29-20-8-7-14(23(27)28)9-19(20)26-12-16-10-21(30-2)22(11-17(16)24)31-13-15-5-3-4-6-18(15)25/h3-11,26H,12-13H2,1-2H3,(H,27,28). The third kappa shape index (κ3) is 5.38. The van der Waals surface area contributed by atoms with E-state index in [4.69, 9.17) is 25.8 Å². The maximum Gasteiger partial charge on any atom is 0.335 e. The van der Waals surface area contributed by atoms with Gasteiger partial charge >= 0.3 is 5.97 Å². The number of halogens is 2. The number of methoxy groups -OCH3 is 2. The molecule has 0 atom stereocenters. The maximum atomic E-state index is 13.8. The van der Waals surface area contributed by atoms with Crippen molar-refractivity contribution in [2.24, 2.45) is 0 Å². The van der Waals surface area contributed by atoms with Gasteiger partial charge in [0, 0.05) is 23.2 Å². The first-order chi connectivity index (χ1) is 14.9. The summed E-state index contributed by atoms with van der Waals surface area (Å²) in [5.74, 6) is -0.0839. The van der Waals surface area contributed by atoms with Crippen molar-refractivity contribution >= 4 is 23.3 Å². The van der Waals surface area contributed by atoms with Crippen LogP contribution in [-0.4, -0.2) is 25.3 Å². The normalized spacial score (nSPS) is 10.5. The maximum absolute atomic E-state index is 13.8. The van der Waals surface area contributed by atoms with Crippen LogP contribution in [0.2, 0.25) is 5.02 Å². The van der Waals surface area contributed by atoms with Crippen LogP contribution in [0.1, 0.15) is 21.5 Å². The molecular weight excluding hydrogens is 425 g/mol. The van der Waals surface area contributed by atoms with E-state index in [0.717, 1.165) is 0 Å². The number of hydrogen-bond donors (Lipinski definition) is 2. The molecule has 3 rings (SSSR count). The first-order valence-electron chi connectivity index (χ1n) is 9.30. The molecule has 0 saturated heterocycles. The van der Waals surface area contributed by atoms with Crippen LogP contribution in [0.3, 0.4) is 0 Å². The fourth-order valence-electron chi connectivity index (χ4n) is 2.93. The molecule has 2 N–H and O–H groups in total. The minimum absolute atomic E-state index is 0.0239. The predicted molar refractivity (Wildman–Crippen MR) is 116 cm³/mol. The first-order valence-corrected chi connectivity index (χ1v) is 9.68. The number of anilines is 1. The topological polar surface area (TPSA) is 77.0 Å². The van der Waals surface area contributed by atoms with E-state index in [0.29, 0.717) is 39.1 Å². The lowest BCUT2D eigenvalue weighted by Crippen LogP contribution is -2.06. The molecule has 3 aromatic rings. The summed E-state index contributed by atoms with van der Waals surface area (Å²) in [5.41, 5.74) is 1.75. The van der Waals surface area contributed by atoms with E-state index in [1.54, 1.807) is 36.4 Å². The molecule has 6 nitrogen and oxygen atoms in total. The van der Waals surface area contributed by atoms with Crippen molar-refractivity contribution in [3.8, 4) is 17.2 Å². The van der Waals surface area contributed by atoms with Crippen molar-refractivity contribution < 1.29 is 28.5 Å². The second-order valence-corrected chi connectivity index (χ2v) is 6.96. The number of carbonyl (C=O) groups is 1. The molecule has 31 heavy (non-hydrogen) atoms. The van der Waals surface area contributed by atoms with Gasteiger partial charge in [-0.15, -0.1) is 0 Å². The van der Waals surface area contributed by atoms with Gasteiger partial charge in [-0.1, -0.05) is 29.8 Å². The SMILES string of the molecule is COc1ccc(C(=O)O)cc1NCc1cc(OC)c(OCc2ccccc2F)cc1Cl. The monoisotopic (exact) mass is 445 g/mol. The second kappa shape index (κ2) is 10.0. The first kappa shape index (κ1) is 22.2. The summed E-state index contributed by atoms with van der Waals surface area (Å²) in [6, 6.07) is 14.2. The zero-order chi connectivity index (χ0) is 22.4. The summed E-state index contributed by atoms with van der Waals surface area (Å²) in [6.07, 6.45) is 0. The fraction of sp³-hybridized carbons (Fsp3) is 0.174. The summed E-state index contributed by atoms with van der Waals surface area (Å²) in [6.45, 7) is 0.304. The van der Waals surface area contributed by atoms with E-state index in [2.05, 4.69) is 5.32 Å². The molecule has 8 heteroatoms. The highest BCUT2D eigenvalue weighted by Gasteiger charge is 2.14. The van der Waals surface area contributed by atoms with Crippen molar-refractivity contribution in [1.29, 1.82) is 0 Å². The van der Waals surface area contributed by atoms with Crippen LogP contribution in [0.15, 0.2) is 54.6 Å². The van der Waals surface area contributed by atoms with Gasteiger partial charge < -0.3 is 24.6 Å². The molecule has 0 aliphatic heterocycles. The molecule has 0 aliphatic rings. The van der Waals surface area contributed by atoms with E-state index >= 15 is 0 Å². The number of ether oxygens (including phenoxy) is 3. The zero-order valence-electron chi connectivity index (χ0n) is 16.9. The third-order valence-electron chi connectivity index (χ3n) is 4.59. The number of hydrogen-bond acceptors (Lipinski definition) is 5. The molecule has 0 amide bonds. The summed E-state index contributed by atoms with van der Waals surface area (Å²) < 4.78 is 30.2. The number of carboxylic acid groups (broad SMARTS) is 1. The summed E-state index contributed by atoms with van der Waals surface area (Å²) in [7, 11) is 2.99. The molecule has 0 saturated carbocycles. The van der Waals surface area contributed by atoms with Crippen LogP contribution >= 0.6 is 11.6 Å². The molecule has 0 radical (unpaired) electrons. The molecule has 0 spiro atoms. The summed E-state index contributed by atoms with van der Waals surface area (Å²) >= 11 is 6.42.